The van der Waals surface area contributed by atoms with Gasteiger partial charge in [-0.05, 0) is 48.0 Å². The molecule has 0 radical (unpaired) electrons. The van der Waals surface area contributed by atoms with Crippen LogP contribution in [-0.2, 0) is 11.2 Å². The molecule has 3 N–H and O–H groups in total. The minimum absolute atomic E-state index is 0.285. The Morgan fingerprint density at radius 3 is 2.37 bits per heavy atom. The molecule has 1 heterocycles. The highest BCUT2D eigenvalue weighted by Gasteiger charge is 2.23. The van der Waals surface area contributed by atoms with Crippen LogP contribution >= 0.6 is 0 Å². The normalized spacial score (nSPS) is 11.8. The molecule has 150 valence electrons. The Bertz CT molecular complexity index is 1170. The van der Waals surface area contributed by atoms with Crippen LogP contribution in [0.25, 0.3) is 10.9 Å². The summed E-state index contributed by atoms with van der Waals surface area (Å²) in [6.45, 7) is 0. The number of anilines is 1. The van der Waals surface area contributed by atoms with Gasteiger partial charge in [-0.1, -0.05) is 36.4 Å². The monoisotopic (exact) mass is 401 g/mol. The Labute approximate surface area is 172 Å². The summed E-state index contributed by atoms with van der Waals surface area (Å²) in [5.74, 6) is -1.20. The van der Waals surface area contributed by atoms with Gasteiger partial charge in [0.15, 0.2) is 0 Å². The molecule has 0 saturated carbocycles. The molecule has 5 nitrogen and oxygen atoms in total. The summed E-state index contributed by atoms with van der Waals surface area (Å²) < 4.78 is 13.2. The number of rotatable bonds is 6. The molecule has 0 aliphatic heterocycles. The number of H-pyrrole nitrogens is 1. The minimum Gasteiger partial charge on any atom is -0.361 e. The van der Waals surface area contributed by atoms with Gasteiger partial charge in [0.2, 0.25) is 5.91 Å². The van der Waals surface area contributed by atoms with Gasteiger partial charge in [0.25, 0.3) is 5.91 Å². The predicted octanol–water partition coefficient (Wildman–Crippen LogP) is 4.29. The smallest absolute Gasteiger partial charge is 0.251 e. The van der Waals surface area contributed by atoms with Gasteiger partial charge in [-0.15, -0.1) is 0 Å². The van der Waals surface area contributed by atoms with Gasteiger partial charge >= 0.3 is 0 Å². The maximum atomic E-state index is 13.2. The highest BCUT2D eigenvalue weighted by Crippen LogP contribution is 2.20. The van der Waals surface area contributed by atoms with Gasteiger partial charge in [0.1, 0.15) is 11.9 Å². The third kappa shape index (κ3) is 4.38. The lowest BCUT2D eigenvalue weighted by Gasteiger charge is -2.18. The Morgan fingerprint density at radius 2 is 1.60 bits per heavy atom. The molecule has 0 fully saturated rings. The van der Waals surface area contributed by atoms with E-state index in [1.165, 1.54) is 24.3 Å². The van der Waals surface area contributed by atoms with Crippen LogP contribution in [-0.4, -0.2) is 22.8 Å². The number of aromatic amines is 1. The summed E-state index contributed by atoms with van der Waals surface area (Å²) in [5, 5.41) is 6.62. The largest absolute Gasteiger partial charge is 0.361 e. The standard InChI is InChI=1S/C24H20FN3O2/c25-18-12-10-16(11-13-18)23(29)28-22(24(30)27-19-6-2-1-3-7-19)14-17-15-26-21-9-5-4-8-20(17)21/h1-13,15,22,26H,14H2,(H,27,30)(H,28,29)/t22-/m1/s1. The van der Waals surface area contributed by atoms with E-state index in [1.54, 1.807) is 12.1 Å². The van der Waals surface area contributed by atoms with Crippen molar-refractivity contribution in [2.75, 3.05) is 5.32 Å². The molecule has 0 bridgehead atoms. The third-order valence-corrected chi connectivity index (χ3v) is 4.87. The number of hydrogen-bond acceptors (Lipinski definition) is 2. The number of amides is 2. The van der Waals surface area contributed by atoms with Gasteiger partial charge in [-0.2, -0.15) is 0 Å². The number of fused-ring (bicyclic) bond motifs is 1. The molecular weight excluding hydrogens is 381 g/mol. The first-order valence-corrected chi connectivity index (χ1v) is 9.57. The Hall–Kier alpha value is -3.93. The summed E-state index contributed by atoms with van der Waals surface area (Å²) >= 11 is 0. The number of para-hydroxylation sites is 2. The zero-order valence-electron chi connectivity index (χ0n) is 16.1. The first-order chi connectivity index (χ1) is 14.6. The molecule has 0 aliphatic rings. The molecule has 3 aromatic carbocycles. The van der Waals surface area contributed by atoms with E-state index in [2.05, 4.69) is 15.6 Å². The average molecular weight is 401 g/mol. The lowest BCUT2D eigenvalue weighted by Crippen LogP contribution is -2.45. The Kier molecular flexibility index (Phi) is 5.57. The molecule has 0 unspecified atom stereocenters. The zero-order valence-corrected chi connectivity index (χ0v) is 16.1. The van der Waals surface area contributed by atoms with Crippen LogP contribution in [0.15, 0.2) is 85.1 Å². The second-order valence-electron chi connectivity index (χ2n) is 6.95. The van der Waals surface area contributed by atoms with Crippen molar-refractivity contribution < 1.29 is 14.0 Å². The number of nitrogens with one attached hydrogen (secondary N) is 3. The number of carbonyl (C=O) groups is 2. The topological polar surface area (TPSA) is 74.0 Å². The van der Waals surface area contributed by atoms with Gasteiger partial charge < -0.3 is 15.6 Å². The van der Waals surface area contributed by atoms with Gasteiger partial charge in [-0.25, -0.2) is 4.39 Å². The van der Waals surface area contributed by atoms with E-state index in [9.17, 15) is 14.0 Å². The van der Waals surface area contributed by atoms with Crippen molar-refractivity contribution in [1.29, 1.82) is 0 Å². The van der Waals surface area contributed by atoms with Crippen molar-refractivity contribution in [3.8, 4) is 0 Å². The van der Waals surface area contributed by atoms with E-state index in [0.29, 0.717) is 12.1 Å². The zero-order chi connectivity index (χ0) is 20.9. The second-order valence-corrected chi connectivity index (χ2v) is 6.95. The SMILES string of the molecule is O=C(N[C@H](Cc1c[nH]c2ccccc12)C(=O)Nc1ccccc1)c1ccc(F)cc1. The first-order valence-electron chi connectivity index (χ1n) is 9.57. The number of halogens is 1. The molecule has 6 heteroatoms. The lowest BCUT2D eigenvalue weighted by molar-refractivity contribution is -0.118. The number of benzene rings is 3. The van der Waals surface area contributed by atoms with Crippen molar-refractivity contribution in [2.45, 2.75) is 12.5 Å². The van der Waals surface area contributed by atoms with Crippen LogP contribution in [0.3, 0.4) is 0 Å². The third-order valence-electron chi connectivity index (χ3n) is 4.87. The maximum Gasteiger partial charge on any atom is 0.251 e. The van der Waals surface area contributed by atoms with E-state index in [-0.39, 0.29) is 11.5 Å². The molecule has 1 aromatic heterocycles. The minimum atomic E-state index is -0.818. The van der Waals surface area contributed by atoms with E-state index in [0.717, 1.165) is 16.5 Å². The first kappa shape index (κ1) is 19.4. The summed E-state index contributed by atoms with van der Waals surface area (Å²) in [6, 6.07) is 21.2. The van der Waals surface area contributed by atoms with Gasteiger partial charge in [0, 0.05) is 34.8 Å². The summed E-state index contributed by atoms with van der Waals surface area (Å²) in [6.07, 6.45) is 2.15. The maximum absolute atomic E-state index is 13.2. The van der Waals surface area contributed by atoms with Crippen LogP contribution in [0, 0.1) is 5.82 Å². The van der Waals surface area contributed by atoms with Crippen molar-refractivity contribution in [3.05, 3.63) is 102 Å². The van der Waals surface area contributed by atoms with Crippen LogP contribution < -0.4 is 10.6 Å². The van der Waals surface area contributed by atoms with Crippen molar-refractivity contribution in [3.63, 3.8) is 0 Å². The van der Waals surface area contributed by atoms with E-state index >= 15 is 0 Å². The van der Waals surface area contributed by atoms with Crippen molar-refractivity contribution in [2.24, 2.45) is 0 Å². The highest BCUT2D eigenvalue weighted by molar-refractivity contribution is 6.01. The molecule has 4 aromatic rings. The molecule has 0 saturated heterocycles. The van der Waals surface area contributed by atoms with E-state index in [1.807, 2.05) is 48.7 Å². The molecule has 2 amide bonds. The fraction of sp³-hybridized carbons (Fsp3) is 0.0833. The van der Waals surface area contributed by atoms with Crippen LogP contribution in [0.5, 0.6) is 0 Å². The van der Waals surface area contributed by atoms with Crippen molar-refractivity contribution in [1.82, 2.24) is 10.3 Å². The lowest BCUT2D eigenvalue weighted by atomic mass is 10.0. The summed E-state index contributed by atoms with van der Waals surface area (Å²) in [5.41, 5.74) is 2.80. The molecule has 0 aliphatic carbocycles. The van der Waals surface area contributed by atoms with Gasteiger partial charge in [-0.3, -0.25) is 9.59 Å². The highest BCUT2D eigenvalue weighted by atomic mass is 19.1. The molecule has 0 spiro atoms. The summed E-state index contributed by atoms with van der Waals surface area (Å²) in [7, 11) is 0. The summed E-state index contributed by atoms with van der Waals surface area (Å²) in [4.78, 5) is 28.9. The van der Waals surface area contributed by atoms with Crippen LogP contribution in [0.1, 0.15) is 15.9 Å². The number of hydrogen-bond donors (Lipinski definition) is 3. The Morgan fingerprint density at radius 1 is 0.900 bits per heavy atom. The second kappa shape index (κ2) is 8.61. The Balaban J connectivity index is 1.59. The molecule has 30 heavy (non-hydrogen) atoms. The predicted molar refractivity (Wildman–Crippen MR) is 115 cm³/mol. The fourth-order valence-corrected chi connectivity index (χ4v) is 3.32. The van der Waals surface area contributed by atoms with Crippen LogP contribution in [0.4, 0.5) is 10.1 Å². The fourth-order valence-electron chi connectivity index (χ4n) is 3.32. The van der Waals surface area contributed by atoms with E-state index < -0.39 is 17.8 Å². The molecule has 1 atom stereocenters. The number of aromatic nitrogens is 1. The molecule has 4 rings (SSSR count). The average Bonchev–Trinajstić information content (AvgIpc) is 3.17. The molecular formula is C24H20FN3O2. The quantitative estimate of drug-likeness (QED) is 0.451. The van der Waals surface area contributed by atoms with Crippen molar-refractivity contribution >= 4 is 28.4 Å². The van der Waals surface area contributed by atoms with Crippen LogP contribution in [0.2, 0.25) is 0 Å². The van der Waals surface area contributed by atoms with E-state index in [4.69, 9.17) is 0 Å². The number of carbonyl (C=O) groups excluding carboxylic acids is 2. The van der Waals surface area contributed by atoms with Gasteiger partial charge in [0.05, 0.1) is 0 Å².